The number of Topliss-reactive ketones (excluding diaryl/α,β-unsaturated/α-hetero) is 1. The van der Waals surface area contributed by atoms with Gasteiger partial charge in [-0.15, -0.1) is 6.58 Å². The first-order valence-electron chi connectivity index (χ1n) is 8.28. The molecule has 0 spiro atoms. The van der Waals surface area contributed by atoms with Gasteiger partial charge >= 0.3 is 0 Å². The third kappa shape index (κ3) is 2.95. The summed E-state index contributed by atoms with van der Waals surface area (Å²) in [5, 5.41) is 9.78. The molecule has 0 aromatic heterocycles. The molecule has 3 aliphatic rings. The van der Waals surface area contributed by atoms with Crippen LogP contribution in [0.3, 0.4) is 0 Å². The van der Waals surface area contributed by atoms with Crippen LogP contribution in [0.25, 0.3) is 0 Å². The highest BCUT2D eigenvalue weighted by Crippen LogP contribution is 2.42. The Kier molecular flexibility index (Phi) is 4.98. The van der Waals surface area contributed by atoms with Gasteiger partial charge in [-0.1, -0.05) is 6.08 Å². The molecule has 1 unspecified atom stereocenters. The molecule has 1 aliphatic carbocycles. The van der Waals surface area contributed by atoms with Gasteiger partial charge in [-0.05, 0) is 41.6 Å². The molecule has 0 bridgehead atoms. The van der Waals surface area contributed by atoms with E-state index in [4.69, 9.17) is 9.47 Å². The number of hydrogen-bond donors (Lipinski definition) is 0. The second-order valence-electron chi connectivity index (χ2n) is 6.24. The maximum absolute atomic E-state index is 12.2. The van der Waals surface area contributed by atoms with Gasteiger partial charge in [0.2, 0.25) is 0 Å². The van der Waals surface area contributed by atoms with E-state index in [2.05, 4.69) is 12.6 Å². The maximum atomic E-state index is 12.2. The Morgan fingerprint density at radius 1 is 1.50 bits per heavy atom. The Balaban J connectivity index is 2.11. The smallest absolute Gasteiger partial charge is 0.169 e. The van der Waals surface area contributed by atoms with Gasteiger partial charge in [-0.2, -0.15) is 5.26 Å². The highest BCUT2D eigenvalue weighted by molar-refractivity contribution is 5.91. The first-order valence-corrected chi connectivity index (χ1v) is 8.28. The van der Waals surface area contributed by atoms with E-state index in [1.807, 2.05) is 17.2 Å². The number of nitriles is 1. The number of nitrogens with zero attached hydrogens (tertiary/aromatic N) is 2. The first kappa shape index (κ1) is 16.7. The minimum atomic E-state index is -0.530. The first-order chi connectivity index (χ1) is 11.7. The van der Waals surface area contributed by atoms with Crippen LogP contribution >= 0.6 is 0 Å². The molecular weight excluding hydrogens is 304 g/mol. The summed E-state index contributed by atoms with van der Waals surface area (Å²) in [4.78, 5) is 14.1. The molecule has 1 fully saturated rings. The normalized spacial score (nSPS) is 24.9. The number of methoxy groups -OCH3 is 1. The molecule has 5 nitrogen and oxygen atoms in total. The minimum Gasteiger partial charge on any atom is -0.381 e. The van der Waals surface area contributed by atoms with Crippen LogP contribution in [0, 0.1) is 17.2 Å². The van der Waals surface area contributed by atoms with Crippen LogP contribution in [-0.4, -0.2) is 43.7 Å². The molecule has 3 rings (SSSR count). The number of rotatable bonds is 4. The van der Waals surface area contributed by atoms with Crippen LogP contribution < -0.4 is 0 Å². The lowest BCUT2D eigenvalue weighted by atomic mass is 9.76. The average molecular weight is 326 g/mol. The third-order valence-corrected chi connectivity index (χ3v) is 4.81. The van der Waals surface area contributed by atoms with Crippen LogP contribution in [0.2, 0.25) is 0 Å². The van der Waals surface area contributed by atoms with Crippen molar-refractivity contribution in [3.8, 4) is 6.07 Å². The zero-order valence-corrected chi connectivity index (χ0v) is 14.0. The van der Waals surface area contributed by atoms with Crippen molar-refractivity contribution in [1.82, 2.24) is 4.90 Å². The zero-order valence-electron chi connectivity index (χ0n) is 14.0. The number of ketones is 1. The van der Waals surface area contributed by atoms with Crippen molar-refractivity contribution >= 4 is 5.78 Å². The van der Waals surface area contributed by atoms with E-state index in [1.165, 1.54) is 0 Å². The maximum Gasteiger partial charge on any atom is 0.169 e. The van der Waals surface area contributed by atoms with Crippen molar-refractivity contribution in [3.63, 3.8) is 0 Å². The molecule has 0 saturated carbocycles. The molecule has 1 saturated heterocycles. The van der Waals surface area contributed by atoms with E-state index < -0.39 is 6.10 Å². The lowest BCUT2D eigenvalue weighted by Gasteiger charge is -2.37. The summed E-state index contributed by atoms with van der Waals surface area (Å²) in [5.74, 6) is 0.319. The van der Waals surface area contributed by atoms with E-state index in [1.54, 1.807) is 13.2 Å². The van der Waals surface area contributed by atoms with Crippen molar-refractivity contribution in [2.45, 2.75) is 25.4 Å². The Hall–Kier alpha value is -2.16. The van der Waals surface area contributed by atoms with Gasteiger partial charge in [0.05, 0.1) is 0 Å². The van der Waals surface area contributed by atoms with Crippen LogP contribution in [0.5, 0.6) is 0 Å². The molecule has 0 amide bonds. The molecule has 0 N–H and O–H groups in total. The summed E-state index contributed by atoms with van der Waals surface area (Å²) in [5.41, 5.74) is 3.66. The van der Waals surface area contributed by atoms with E-state index in [0.29, 0.717) is 31.9 Å². The topological polar surface area (TPSA) is 62.6 Å². The quantitative estimate of drug-likeness (QED) is 0.743. The Labute approximate surface area is 142 Å². The molecule has 0 aromatic rings. The van der Waals surface area contributed by atoms with Crippen LogP contribution in [-0.2, 0) is 14.3 Å². The summed E-state index contributed by atoms with van der Waals surface area (Å²) >= 11 is 0. The van der Waals surface area contributed by atoms with Gasteiger partial charge in [-0.3, -0.25) is 4.79 Å². The van der Waals surface area contributed by atoms with E-state index in [9.17, 15) is 10.1 Å². The molecule has 0 aromatic carbocycles. The summed E-state index contributed by atoms with van der Waals surface area (Å²) in [6.07, 6.45) is 7.15. The SMILES string of the molecule is C=CCN1C=C2CC(=O)C(OC)C=C2C(C2CCOCC2)=C1C#N. The number of hydrogen-bond acceptors (Lipinski definition) is 5. The largest absolute Gasteiger partial charge is 0.381 e. The monoisotopic (exact) mass is 326 g/mol. The van der Waals surface area contributed by atoms with Gasteiger partial charge in [0.15, 0.2) is 5.78 Å². The fraction of sp³-hybridized carbons (Fsp3) is 0.474. The number of allylic oxidation sites excluding steroid dienone is 4. The van der Waals surface area contributed by atoms with Gasteiger partial charge in [0, 0.05) is 39.5 Å². The summed E-state index contributed by atoms with van der Waals surface area (Å²) in [7, 11) is 1.55. The lowest BCUT2D eigenvalue weighted by molar-refractivity contribution is -0.126. The number of ether oxygens (including phenoxy) is 2. The van der Waals surface area contributed by atoms with Crippen LogP contribution in [0.15, 0.2) is 47.3 Å². The van der Waals surface area contributed by atoms with Crippen molar-refractivity contribution in [3.05, 3.63) is 47.3 Å². The van der Waals surface area contributed by atoms with E-state index >= 15 is 0 Å². The Bertz CT molecular complexity index is 675. The van der Waals surface area contributed by atoms with Gasteiger partial charge in [0.1, 0.15) is 17.9 Å². The molecule has 0 radical (unpaired) electrons. The summed E-state index contributed by atoms with van der Waals surface area (Å²) in [6, 6.07) is 2.37. The number of carbonyl (C=O) groups excluding carboxylic acids is 1. The molecule has 24 heavy (non-hydrogen) atoms. The van der Waals surface area contributed by atoms with Gasteiger partial charge in [0.25, 0.3) is 0 Å². The summed E-state index contributed by atoms with van der Waals surface area (Å²) < 4.78 is 10.8. The average Bonchev–Trinajstić information content (AvgIpc) is 2.61. The van der Waals surface area contributed by atoms with Crippen molar-refractivity contribution in [1.29, 1.82) is 5.26 Å². The second kappa shape index (κ2) is 7.16. The summed E-state index contributed by atoms with van der Waals surface area (Å²) in [6.45, 7) is 5.73. The fourth-order valence-corrected chi connectivity index (χ4v) is 3.65. The van der Waals surface area contributed by atoms with Gasteiger partial charge in [-0.25, -0.2) is 0 Å². The second-order valence-corrected chi connectivity index (χ2v) is 6.24. The van der Waals surface area contributed by atoms with Crippen LogP contribution in [0.4, 0.5) is 0 Å². The molecule has 2 heterocycles. The third-order valence-electron chi connectivity index (χ3n) is 4.81. The standard InChI is InChI=1S/C19H22N2O3/c1-3-6-21-12-14-9-17(22)18(23-2)10-15(14)19(16(21)11-20)13-4-7-24-8-5-13/h3,10,12-13,18H,1,4-9H2,2H3. The molecule has 1 atom stereocenters. The van der Waals surface area contributed by atoms with Crippen molar-refractivity contribution in [2.24, 2.45) is 5.92 Å². The fourth-order valence-electron chi connectivity index (χ4n) is 3.65. The van der Waals surface area contributed by atoms with Gasteiger partial charge < -0.3 is 14.4 Å². The minimum absolute atomic E-state index is 0.0535. The van der Waals surface area contributed by atoms with Crippen molar-refractivity contribution < 1.29 is 14.3 Å². The van der Waals surface area contributed by atoms with Crippen molar-refractivity contribution in [2.75, 3.05) is 26.9 Å². The predicted octanol–water partition coefficient (Wildman–Crippen LogP) is 2.49. The Morgan fingerprint density at radius 2 is 2.25 bits per heavy atom. The number of fused-ring (bicyclic) bond motifs is 1. The Morgan fingerprint density at radius 3 is 2.88 bits per heavy atom. The zero-order chi connectivity index (χ0) is 17.1. The van der Waals surface area contributed by atoms with E-state index in [-0.39, 0.29) is 11.7 Å². The molecular formula is C19H22N2O3. The molecule has 126 valence electrons. The molecule has 5 heteroatoms. The lowest BCUT2D eigenvalue weighted by Crippen LogP contribution is -2.33. The highest BCUT2D eigenvalue weighted by Gasteiger charge is 2.35. The number of carbonyl (C=O) groups is 1. The predicted molar refractivity (Wildman–Crippen MR) is 89.7 cm³/mol. The van der Waals surface area contributed by atoms with Crippen LogP contribution in [0.1, 0.15) is 19.3 Å². The van der Waals surface area contributed by atoms with E-state index in [0.717, 1.165) is 29.6 Å². The molecule has 2 aliphatic heterocycles. The highest BCUT2D eigenvalue weighted by atomic mass is 16.5.